The Morgan fingerprint density at radius 2 is 1.71 bits per heavy atom. The summed E-state index contributed by atoms with van der Waals surface area (Å²) in [6, 6.07) is 16.6. The summed E-state index contributed by atoms with van der Waals surface area (Å²) in [5, 5.41) is 1.64. The number of hydrogen-bond donors (Lipinski definition) is 1. The number of carbonyl (C=O) groups is 2. The maximum absolute atomic E-state index is 11.7. The van der Waals surface area contributed by atoms with Gasteiger partial charge in [-0.1, -0.05) is 23.9 Å². The van der Waals surface area contributed by atoms with Crippen molar-refractivity contribution in [1.29, 1.82) is 0 Å². The summed E-state index contributed by atoms with van der Waals surface area (Å²) in [5.74, 6) is 3.04. The Hall–Kier alpha value is -3.79. The predicted octanol–water partition coefficient (Wildman–Crippen LogP) is 3.69. The fraction of sp³-hybridized carbons (Fsp3) is 0.250. The molecule has 34 heavy (non-hydrogen) atoms. The molecule has 0 bridgehead atoms. The molecule has 0 aliphatic carbocycles. The number of amides is 2. The summed E-state index contributed by atoms with van der Waals surface area (Å²) >= 11 is 1.03. The van der Waals surface area contributed by atoms with Crippen LogP contribution in [0.5, 0.6) is 23.1 Å². The van der Waals surface area contributed by atoms with Crippen molar-refractivity contribution >= 4 is 28.7 Å². The fourth-order valence-electron chi connectivity index (χ4n) is 3.24. The molecular weight excluding hydrogens is 456 g/mol. The first kappa shape index (κ1) is 23.4. The van der Waals surface area contributed by atoms with Crippen LogP contribution in [0.25, 0.3) is 0 Å². The zero-order chi connectivity index (χ0) is 23.9. The lowest BCUT2D eigenvalue weighted by atomic mass is 10.1. The third kappa shape index (κ3) is 6.16. The number of carbonyl (C=O) groups excluding carboxylic acids is 2. The molecular formula is C24H24N4O5S. The van der Waals surface area contributed by atoms with Crippen LogP contribution in [0.1, 0.15) is 5.56 Å². The lowest BCUT2D eigenvalue weighted by molar-refractivity contribution is -0.118. The zero-order valence-corrected chi connectivity index (χ0v) is 19.6. The van der Waals surface area contributed by atoms with Crippen molar-refractivity contribution < 1.29 is 23.8 Å². The third-order valence-electron chi connectivity index (χ3n) is 5.11. The van der Waals surface area contributed by atoms with Crippen LogP contribution in [0.15, 0.2) is 60.9 Å². The van der Waals surface area contributed by atoms with Crippen molar-refractivity contribution in [2.45, 2.75) is 11.7 Å². The highest BCUT2D eigenvalue weighted by Crippen LogP contribution is 2.25. The smallest absolute Gasteiger partial charge is 0.286 e. The Kier molecular flexibility index (Phi) is 7.48. The molecule has 1 aromatic heterocycles. The second-order valence-corrected chi connectivity index (χ2v) is 8.67. The van der Waals surface area contributed by atoms with E-state index < -0.39 is 0 Å². The van der Waals surface area contributed by atoms with Crippen LogP contribution in [0.3, 0.4) is 0 Å². The topological polar surface area (TPSA) is 103 Å². The Bertz CT molecular complexity index is 1140. The summed E-state index contributed by atoms with van der Waals surface area (Å²) in [7, 11) is 3.53. The van der Waals surface area contributed by atoms with Crippen molar-refractivity contribution in [2.75, 3.05) is 32.2 Å². The van der Waals surface area contributed by atoms with E-state index in [2.05, 4.69) is 15.3 Å². The van der Waals surface area contributed by atoms with Gasteiger partial charge in [0.15, 0.2) is 0 Å². The molecule has 4 rings (SSSR count). The third-order valence-corrected chi connectivity index (χ3v) is 6.09. The number of likely N-dealkylation sites (N-methyl/N-ethyl adjacent to an activating group) is 1. The van der Waals surface area contributed by atoms with Crippen molar-refractivity contribution in [3.63, 3.8) is 0 Å². The van der Waals surface area contributed by atoms with Crippen LogP contribution >= 0.6 is 11.8 Å². The number of nitrogens with one attached hydrogen (secondary N) is 1. The van der Waals surface area contributed by atoms with Gasteiger partial charge in [-0.05, 0) is 48.4 Å². The fourth-order valence-corrected chi connectivity index (χ4v) is 4.10. The molecule has 2 aromatic carbocycles. The number of thioether (sulfide) groups is 1. The summed E-state index contributed by atoms with van der Waals surface area (Å²) in [5.41, 5.74) is 0.970. The van der Waals surface area contributed by atoms with Crippen LogP contribution < -0.4 is 24.4 Å². The van der Waals surface area contributed by atoms with E-state index >= 15 is 0 Å². The normalized spacial score (nSPS) is 15.1. The van der Waals surface area contributed by atoms with Gasteiger partial charge in [0.2, 0.25) is 11.8 Å². The molecule has 10 heteroatoms. The summed E-state index contributed by atoms with van der Waals surface area (Å²) < 4.78 is 16.8. The Morgan fingerprint density at radius 1 is 1.00 bits per heavy atom. The van der Waals surface area contributed by atoms with Crippen molar-refractivity contribution in [1.82, 2.24) is 15.3 Å². The summed E-state index contributed by atoms with van der Waals surface area (Å²) in [6.45, 7) is 1.05. The average molecular weight is 481 g/mol. The predicted molar refractivity (Wildman–Crippen MR) is 129 cm³/mol. The lowest BCUT2D eigenvalue weighted by Crippen LogP contribution is -2.25. The summed E-state index contributed by atoms with van der Waals surface area (Å²) in [4.78, 5) is 33.4. The molecule has 1 fully saturated rings. The molecule has 1 atom stereocenters. The maximum Gasteiger partial charge on any atom is 0.286 e. The van der Waals surface area contributed by atoms with Gasteiger partial charge in [-0.3, -0.25) is 14.9 Å². The van der Waals surface area contributed by atoms with Crippen LogP contribution in [-0.4, -0.2) is 53.7 Å². The molecule has 2 amide bonds. The SMILES string of the molecule is COc1ccc(Oc2cc(N(C)CCOc3ccc(C[C@@H]4SC(=O)NC4=O)cc3)ncn2)cc1. The van der Waals surface area contributed by atoms with Gasteiger partial charge in [0, 0.05) is 13.1 Å². The molecule has 0 unspecified atom stereocenters. The van der Waals surface area contributed by atoms with Gasteiger partial charge in [-0.2, -0.15) is 0 Å². The van der Waals surface area contributed by atoms with E-state index in [1.165, 1.54) is 6.33 Å². The Balaban J connectivity index is 1.25. The van der Waals surface area contributed by atoms with E-state index in [0.29, 0.717) is 37.0 Å². The number of imide groups is 1. The molecule has 1 N–H and O–H groups in total. The van der Waals surface area contributed by atoms with Gasteiger partial charge < -0.3 is 19.1 Å². The number of aromatic nitrogens is 2. The average Bonchev–Trinajstić information content (AvgIpc) is 3.17. The maximum atomic E-state index is 11.7. The van der Waals surface area contributed by atoms with E-state index in [4.69, 9.17) is 14.2 Å². The molecule has 0 spiro atoms. The highest BCUT2D eigenvalue weighted by molar-refractivity contribution is 8.15. The standard InChI is InChI=1S/C24H24N4O5S/c1-28(21-14-22(26-15-25-21)33-19-9-7-17(31-2)8-10-19)11-12-32-18-5-3-16(4-6-18)13-20-23(29)27-24(30)34-20/h3-10,14-15,20H,11-13H2,1-2H3,(H,27,29,30)/t20-/m0/s1. The quantitative estimate of drug-likeness (QED) is 0.465. The molecule has 1 aliphatic heterocycles. The molecule has 0 radical (unpaired) electrons. The van der Waals surface area contributed by atoms with Crippen LogP contribution in [-0.2, 0) is 11.2 Å². The lowest BCUT2D eigenvalue weighted by Gasteiger charge is -2.18. The van der Waals surface area contributed by atoms with Crippen molar-refractivity contribution in [3.8, 4) is 23.1 Å². The van der Waals surface area contributed by atoms with Gasteiger partial charge in [0.25, 0.3) is 5.24 Å². The molecule has 2 heterocycles. The minimum Gasteiger partial charge on any atom is -0.497 e. The zero-order valence-electron chi connectivity index (χ0n) is 18.8. The second-order valence-electron chi connectivity index (χ2n) is 7.49. The highest BCUT2D eigenvalue weighted by Gasteiger charge is 2.31. The van der Waals surface area contributed by atoms with Gasteiger partial charge in [0.1, 0.15) is 36.0 Å². The van der Waals surface area contributed by atoms with Gasteiger partial charge in [0.05, 0.1) is 18.9 Å². The molecule has 3 aromatic rings. The van der Waals surface area contributed by atoms with Crippen LogP contribution in [0.4, 0.5) is 10.6 Å². The van der Waals surface area contributed by atoms with Crippen molar-refractivity contribution in [3.05, 3.63) is 66.5 Å². The van der Waals surface area contributed by atoms with E-state index in [1.54, 1.807) is 13.2 Å². The van der Waals surface area contributed by atoms with Crippen LogP contribution in [0, 0.1) is 0 Å². The number of benzene rings is 2. The van der Waals surface area contributed by atoms with E-state index in [1.807, 2.05) is 60.5 Å². The minimum atomic E-state index is -0.376. The van der Waals surface area contributed by atoms with E-state index in [-0.39, 0.29) is 16.4 Å². The van der Waals surface area contributed by atoms with E-state index in [9.17, 15) is 9.59 Å². The molecule has 1 aliphatic rings. The number of ether oxygens (including phenoxy) is 3. The largest absolute Gasteiger partial charge is 0.497 e. The number of rotatable bonds is 10. The number of hydrogen-bond acceptors (Lipinski definition) is 9. The van der Waals surface area contributed by atoms with Crippen molar-refractivity contribution in [2.24, 2.45) is 0 Å². The number of methoxy groups -OCH3 is 1. The minimum absolute atomic E-state index is 0.236. The van der Waals surface area contributed by atoms with Gasteiger partial charge >= 0.3 is 0 Å². The number of anilines is 1. The molecule has 176 valence electrons. The highest BCUT2D eigenvalue weighted by atomic mass is 32.2. The van der Waals surface area contributed by atoms with Gasteiger partial charge in [-0.15, -0.1) is 0 Å². The first-order valence-corrected chi connectivity index (χ1v) is 11.5. The number of nitrogens with zero attached hydrogens (tertiary/aromatic N) is 3. The first-order valence-electron chi connectivity index (χ1n) is 10.6. The van der Waals surface area contributed by atoms with Crippen LogP contribution in [0.2, 0.25) is 0 Å². The summed E-state index contributed by atoms with van der Waals surface area (Å²) in [6.07, 6.45) is 1.96. The Morgan fingerprint density at radius 3 is 2.38 bits per heavy atom. The molecule has 9 nitrogen and oxygen atoms in total. The first-order chi connectivity index (χ1) is 16.5. The Labute approximate surface area is 201 Å². The second kappa shape index (κ2) is 10.9. The molecule has 0 saturated carbocycles. The van der Waals surface area contributed by atoms with Gasteiger partial charge in [-0.25, -0.2) is 9.97 Å². The molecule has 1 saturated heterocycles. The van der Waals surface area contributed by atoms with E-state index in [0.717, 1.165) is 28.8 Å². The monoisotopic (exact) mass is 480 g/mol.